The molecule has 2 rings (SSSR count). The summed E-state index contributed by atoms with van der Waals surface area (Å²) in [5, 5.41) is 4.43. The molecule has 1 aliphatic rings. The molecule has 1 heterocycles. The molecule has 0 amide bonds. The van der Waals surface area contributed by atoms with E-state index in [0.29, 0.717) is 18.0 Å². The zero-order chi connectivity index (χ0) is 12.3. The molecular formula is C14H20ClNO. The van der Waals surface area contributed by atoms with Gasteiger partial charge < -0.3 is 10.1 Å². The Kier molecular flexibility index (Phi) is 4.43. The molecule has 2 nitrogen and oxygen atoms in total. The molecule has 94 valence electrons. The monoisotopic (exact) mass is 253 g/mol. The lowest BCUT2D eigenvalue weighted by atomic mass is 9.98. The van der Waals surface area contributed by atoms with Crippen molar-refractivity contribution in [2.24, 2.45) is 5.92 Å². The van der Waals surface area contributed by atoms with Crippen LogP contribution in [0.2, 0.25) is 5.02 Å². The highest BCUT2D eigenvalue weighted by Crippen LogP contribution is 2.21. The average molecular weight is 254 g/mol. The number of ether oxygens (including phenoxy) is 1. The van der Waals surface area contributed by atoms with Crippen molar-refractivity contribution >= 4 is 11.6 Å². The minimum absolute atomic E-state index is 0.323. The Labute approximate surface area is 108 Å². The van der Waals surface area contributed by atoms with Crippen molar-refractivity contribution in [3.05, 3.63) is 34.9 Å². The second-order valence-corrected chi connectivity index (χ2v) is 5.29. The molecule has 0 radical (unpaired) electrons. The molecule has 0 aliphatic carbocycles. The highest BCUT2D eigenvalue weighted by atomic mass is 35.5. The third kappa shape index (κ3) is 3.44. The SMILES string of the molecule is CC(N[C@@H](C)c1cccc(Cl)c1)C1CCOC1. The summed E-state index contributed by atoms with van der Waals surface area (Å²) < 4.78 is 5.42. The van der Waals surface area contributed by atoms with Gasteiger partial charge in [0.1, 0.15) is 0 Å². The van der Waals surface area contributed by atoms with Crippen LogP contribution < -0.4 is 5.32 Å². The topological polar surface area (TPSA) is 21.3 Å². The van der Waals surface area contributed by atoms with E-state index >= 15 is 0 Å². The first-order chi connectivity index (χ1) is 8.16. The molecule has 0 spiro atoms. The zero-order valence-corrected chi connectivity index (χ0v) is 11.2. The molecule has 0 bridgehead atoms. The minimum atomic E-state index is 0.323. The van der Waals surface area contributed by atoms with Crippen LogP contribution in [0, 0.1) is 5.92 Å². The summed E-state index contributed by atoms with van der Waals surface area (Å²) in [6, 6.07) is 8.85. The van der Waals surface area contributed by atoms with E-state index < -0.39 is 0 Å². The number of hydrogen-bond acceptors (Lipinski definition) is 2. The number of rotatable bonds is 4. The van der Waals surface area contributed by atoms with Crippen molar-refractivity contribution in [2.45, 2.75) is 32.4 Å². The molecule has 1 saturated heterocycles. The molecule has 1 fully saturated rings. The molecular weight excluding hydrogens is 234 g/mol. The standard InChI is InChI=1S/C14H20ClNO/c1-10(12-4-3-5-14(15)8-12)16-11(2)13-6-7-17-9-13/h3-5,8,10-11,13,16H,6-7,9H2,1-2H3/t10-,11?,13?/m0/s1. The zero-order valence-electron chi connectivity index (χ0n) is 10.4. The van der Waals surface area contributed by atoms with Gasteiger partial charge in [-0.15, -0.1) is 0 Å². The maximum atomic E-state index is 6.00. The first kappa shape index (κ1) is 12.9. The maximum Gasteiger partial charge on any atom is 0.0509 e. The molecule has 0 aromatic heterocycles. The van der Waals surface area contributed by atoms with Gasteiger partial charge in [-0.3, -0.25) is 0 Å². The van der Waals surface area contributed by atoms with Gasteiger partial charge in [-0.2, -0.15) is 0 Å². The maximum absolute atomic E-state index is 6.00. The molecule has 1 aromatic rings. The fourth-order valence-corrected chi connectivity index (χ4v) is 2.55. The minimum Gasteiger partial charge on any atom is -0.381 e. The second kappa shape index (κ2) is 5.85. The van der Waals surface area contributed by atoms with Crippen molar-refractivity contribution in [1.29, 1.82) is 0 Å². The van der Waals surface area contributed by atoms with E-state index in [0.717, 1.165) is 24.7 Å². The van der Waals surface area contributed by atoms with Gasteiger partial charge in [-0.25, -0.2) is 0 Å². The average Bonchev–Trinajstić information content (AvgIpc) is 2.82. The first-order valence-electron chi connectivity index (χ1n) is 6.26. The third-order valence-corrected chi connectivity index (χ3v) is 3.77. The lowest BCUT2D eigenvalue weighted by Gasteiger charge is -2.24. The van der Waals surface area contributed by atoms with E-state index in [1.807, 2.05) is 18.2 Å². The van der Waals surface area contributed by atoms with Gasteiger partial charge in [-0.1, -0.05) is 23.7 Å². The van der Waals surface area contributed by atoms with E-state index in [1.165, 1.54) is 5.56 Å². The van der Waals surface area contributed by atoms with Gasteiger partial charge in [-0.05, 0) is 43.9 Å². The van der Waals surface area contributed by atoms with Crippen molar-refractivity contribution in [3.63, 3.8) is 0 Å². The lowest BCUT2D eigenvalue weighted by molar-refractivity contribution is 0.177. The Balaban J connectivity index is 1.93. The predicted octanol–water partition coefficient (Wildman–Crippen LogP) is 3.42. The predicted molar refractivity (Wildman–Crippen MR) is 71.4 cm³/mol. The molecule has 1 aliphatic heterocycles. The van der Waals surface area contributed by atoms with E-state index in [-0.39, 0.29) is 0 Å². The van der Waals surface area contributed by atoms with E-state index in [1.54, 1.807) is 0 Å². The van der Waals surface area contributed by atoms with Gasteiger partial charge in [0.15, 0.2) is 0 Å². The summed E-state index contributed by atoms with van der Waals surface area (Å²) in [4.78, 5) is 0. The van der Waals surface area contributed by atoms with Crippen LogP contribution in [0.15, 0.2) is 24.3 Å². The molecule has 3 atom stereocenters. The van der Waals surface area contributed by atoms with Crippen molar-refractivity contribution < 1.29 is 4.74 Å². The van der Waals surface area contributed by atoms with E-state index in [2.05, 4.69) is 25.2 Å². The highest BCUT2D eigenvalue weighted by molar-refractivity contribution is 6.30. The van der Waals surface area contributed by atoms with Crippen LogP contribution in [0.5, 0.6) is 0 Å². The van der Waals surface area contributed by atoms with Crippen molar-refractivity contribution in [1.82, 2.24) is 5.32 Å². The smallest absolute Gasteiger partial charge is 0.0509 e. The molecule has 3 heteroatoms. The molecule has 17 heavy (non-hydrogen) atoms. The quantitative estimate of drug-likeness (QED) is 0.888. The van der Waals surface area contributed by atoms with Crippen LogP contribution in [0.3, 0.4) is 0 Å². The van der Waals surface area contributed by atoms with Crippen LogP contribution in [-0.2, 0) is 4.74 Å². The fourth-order valence-electron chi connectivity index (χ4n) is 2.35. The fraction of sp³-hybridized carbons (Fsp3) is 0.571. The summed E-state index contributed by atoms with van der Waals surface area (Å²) in [5.41, 5.74) is 1.24. The first-order valence-corrected chi connectivity index (χ1v) is 6.64. The molecule has 1 N–H and O–H groups in total. The Morgan fingerprint density at radius 1 is 1.41 bits per heavy atom. The van der Waals surface area contributed by atoms with Gasteiger partial charge >= 0.3 is 0 Å². The van der Waals surface area contributed by atoms with Gasteiger partial charge in [0.2, 0.25) is 0 Å². The summed E-state index contributed by atoms with van der Waals surface area (Å²) in [5.74, 6) is 0.636. The van der Waals surface area contributed by atoms with Crippen LogP contribution in [0.4, 0.5) is 0 Å². The highest BCUT2D eigenvalue weighted by Gasteiger charge is 2.23. The Bertz CT molecular complexity index is 363. The third-order valence-electron chi connectivity index (χ3n) is 3.53. The van der Waals surface area contributed by atoms with Gasteiger partial charge in [0.05, 0.1) is 6.61 Å². The summed E-state index contributed by atoms with van der Waals surface area (Å²) in [6.07, 6.45) is 1.16. The van der Waals surface area contributed by atoms with Crippen molar-refractivity contribution in [3.8, 4) is 0 Å². The summed E-state index contributed by atoms with van der Waals surface area (Å²) in [6.45, 7) is 6.21. The second-order valence-electron chi connectivity index (χ2n) is 4.86. The Morgan fingerprint density at radius 3 is 2.88 bits per heavy atom. The van der Waals surface area contributed by atoms with Crippen LogP contribution in [-0.4, -0.2) is 19.3 Å². The van der Waals surface area contributed by atoms with Gasteiger partial charge in [0, 0.05) is 23.7 Å². The molecule has 0 saturated carbocycles. The summed E-state index contributed by atoms with van der Waals surface area (Å²) >= 11 is 6.00. The number of benzene rings is 1. The lowest BCUT2D eigenvalue weighted by Crippen LogP contribution is -2.35. The Hall–Kier alpha value is -0.570. The van der Waals surface area contributed by atoms with Gasteiger partial charge in [0.25, 0.3) is 0 Å². The number of nitrogens with one attached hydrogen (secondary N) is 1. The number of hydrogen-bond donors (Lipinski definition) is 1. The van der Waals surface area contributed by atoms with Crippen LogP contribution in [0.1, 0.15) is 31.9 Å². The molecule has 2 unspecified atom stereocenters. The largest absolute Gasteiger partial charge is 0.381 e. The van der Waals surface area contributed by atoms with Crippen LogP contribution >= 0.6 is 11.6 Å². The van der Waals surface area contributed by atoms with Crippen LogP contribution in [0.25, 0.3) is 0 Å². The molecule has 1 aromatic carbocycles. The number of halogens is 1. The Morgan fingerprint density at radius 2 is 2.24 bits per heavy atom. The summed E-state index contributed by atoms with van der Waals surface area (Å²) in [7, 11) is 0. The van der Waals surface area contributed by atoms with E-state index in [9.17, 15) is 0 Å². The van der Waals surface area contributed by atoms with Crippen molar-refractivity contribution in [2.75, 3.05) is 13.2 Å². The van der Waals surface area contributed by atoms with E-state index in [4.69, 9.17) is 16.3 Å². The normalized spacial score (nSPS) is 23.6.